The summed E-state index contributed by atoms with van der Waals surface area (Å²) in [6, 6.07) is 0.0405. The maximum atomic E-state index is 12.6. The minimum atomic E-state index is -0.138. The van der Waals surface area contributed by atoms with E-state index in [1.807, 2.05) is 20.8 Å². The number of carbonyl (C=O) groups is 1. The van der Waals surface area contributed by atoms with E-state index in [0.717, 1.165) is 15.3 Å². The molecule has 22 heavy (non-hydrogen) atoms. The van der Waals surface area contributed by atoms with Crippen molar-refractivity contribution >= 4 is 27.5 Å². The third-order valence-electron chi connectivity index (χ3n) is 4.15. The number of nitrogens with zero attached hydrogens (tertiary/aromatic N) is 3. The predicted molar refractivity (Wildman–Crippen MR) is 85.3 cm³/mol. The maximum Gasteiger partial charge on any atom is 0.262 e. The summed E-state index contributed by atoms with van der Waals surface area (Å²) < 4.78 is 6.75. The molecule has 0 unspecified atom stereocenters. The van der Waals surface area contributed by atoms with Crippen LogP contribution in [0.15, 0.2) is 11.1 Å². The first kappa shape index (κ1) is 15.2. The molecule has 3 heterocycles. The Kier molecular flexibility index (Phi) is 4.01. The van der Waals surface area contributed by atoms with Crippen LogP contribution in [0.4, 0.5) is 0 Å². The largest absolute Gasteiger partial charge is 0.377 e. The van der Waals surface area contributed by atoms with Gasteiger partial charge in [0.05, 0.1) is 31.0 Å². The molecule has 1 saturated heterocycles. The van der Waals surface area contributed by atoms with Crippen molar-refractivity contribution in [1.29, 1.82) is 0 Å². The van der Waals surface area contributed by atoms with Gasteiger partial charge in [-0.05, 0) is 26.3 Å². The van der Waals surface area contributed by atoms with E-state index in [1.165, 1.54) is 22.2 Å². The Morgan fingerprint density at radius 1 is 1.50 bits per heavy atom. The highest BCUT2D eigenvalue weighted by Gasteiger charge is 2.24. The fourth-order valence-corrected chi connectivity index (χ4v) is 3.70. The Morgan fingerprint density at radius 3 is 3.00 bits per heavy atom. The van der Waals surface area contributed by atoms with Crippen molar-refractivity contribution in [3.8, 4) is 0 Å². The van der Waals surface area contributed by atoms with Gasteiger partial charge in [0.15, 0.2) is 0 Å². The predicted octanol–water partition coefficient (Wildman–Crippen LogP) is 1.32. The van der Waals surface area contributed by atoms with Gasteiger partial charge in [-0.2, -0.15) is 0 Å². The van der Waals surface area contributed by atoms with Gasteiger partial charge in [0, 0.05) is 11.4 Å². The Bertz CT molecular complexity index is 780. The van der Waals surface area contributed by atoms with Crippen LogP contribution in [0.2, 0.25) is 0 Å². The highest BCUT2D eigenvalue weighted by atomic mass is 32.1. The van der Waals surface area contributed by atoms with E-state index >= 15 is 0 Å². The molecule has 2 aromatic rings. The van der Waals surface area contributed by atoms with Gasteiger partial charge >= 0.3 is 0 Å². The zero-order valence-electron chi connectivity index (χ0n) is 13.0. The van der Waals surface area contributed by atoms with Crippen LogP contribution in [0.3, 0.4) is 0 Å². The number of rotatable bonds is 2. The molecule has 1 aliphatic heterocycles. The first-order valence-electron chi connectivity index (χ1n) is 7.31. The molecule has 0 saturated carbocycles. The van der Waals surface area contributed by atoms with E-state index in [1.54, 1.807) is 4.90 Å². The molecule has 2 aromatic heterocycles. The molecule has 0 N–H and O–H groups in total. The summed E-state index contributed by atoms with van der Waals surface area (Å²) >= 11 is 1.51. The van der Waals surface area contributed by atoms with Crippen LogP contribution in [0, 0.1) is 13.8 Å². The Morgan fingerprint density at radius 2 is 2.27 bits per heavy atom. The number of fused-ring (bicyclic) bond motifs is 1. The molecule has 1 aliphatic rings. The van der Waals surface area contributed by atoms with Gasteiger partial charge in [-0.25, -0.2) is 4.98 Å². The van der Waals surface area contributed by atoms with Gasteiger partial charge in [-0.1, -0.05) is 0 Å². The smallest absolute Gasteiger partial charge is 0.262 e. The molecule has 7 heteroatoms. The van der Waals surface area contributed by atoms with Gasteiger partial charge in [0.1, 0.15) is 11.4 Å². The van der Waals surface area contributed by atoms with Crippen LogP contribution in [0.25, 0.3) is 10.2 Å². The maximum absolute atomic E-state index is 12.6. The Balaban J connectivity index is 1.91. The van der Waals surface area contributed by atoms with Crippen LogP contribution in [0.1, 0.15) is 17.4 Å². The normalized spacial score (nSPS) is 18.9. The zero-order chi connectivity index (χ0) is 15.9. The van der Waals surface area contributed by atoms with Crippen molar-refractivity contribution < 1.29 is 9.53 Å². The van der Waals surface area contributed by atoms with Gasteiger partial charge in [0.2, 0.25) is 5.91 Å². The molecule has 1 atom stereocenters. The van der Waals surface area contributed by atoms with Crippen molar-refractivity contribution in [1.82, 2.24) is 14.5 Å². The molecule has 0 spiro atoms. The van der Waals surface area contributed by atoms with Crippen LogP contribution in [0.5, 0.6) is 0 Å². The van der Waals surface area contributed by atoms with E-state index in [2.05, 4.69) is 4.98 Å². The molecule has 1 amide bonds. The van der Waals surface area contributed by atoms with Gasteiger partial charge in [0.25, 0.3) is 5.56 Å². The van der Waals surface area contributed by atoms with Crippen molar-refractivity contribution in [2.45, 2.75) is 33.4 Å². The second-order valence-corrected chi connectivity index (χ2v) is 6.86. The number of hydrogen-bond acceptors (Lipinski definition) is 5. The zero-order valence-corrected chi connectivity index (χ0v) is 13.8. The third-order valence-corrected chi connectivity index (χ3v) is 5.26. The standard InChI is InChI=1S/C15H19N3O3S/c1-9-7-21-5-4-18(9)12(19)6-17-8-16-14-13(15(17)20)10(2)11(3)22-14/h8-9H,4-7H2,1-3H3/t9-/m1/s1. The van der Waals surface area contributed by atoms with E-state index in [4.69, 9.17) is 4.74 Å². The van der Waals surface area contributed by atoms with Crippen LogP contribution in [-0.2, 0) is 16.1 Å². The summed E-state index contributed by atoms with van der Waals surface area (Å²) in [4.78, 5) is 33.0. The van der Waals surface area contributed by atoms with E-state index < -0.39 is 0 Å². The van der Waals surface area contributed by atoms with Crippen molar-refractivity contribution in [2.24, 2.45) is 0 Å². The molecule has 6 nitrogen and oxygen atoms in total. The van der Waals surface area contributed by atoms with E-state index in [-0.39, 0.29) is 24.1 Å². The van der Waals surface area contributed by atoms with Gasteiger partial charge in [-0.15, -0.1) is 11.3 Å². The van der Waals surface area contributed by atoms with Crippen molar-refractivity contribution in [3.63, 3.8) is 0 Å². The van der Waals surface area contributed by atoms with Crippen LogP contribution in [-0.4, -0.2) is 46.2 Å². The van der Waals surface area contributed by atoms with Gasteiger partial charge < -0.3 is 9.64 Å². The lowest BCUT2D eigenvalue weighted by atomic mass is 10.2. The number of aromatic nitrogens is 2. The summed E-state index contributed by atoms with van der Waals surface area (Å²) in [5, 5.41) is 0.632. The topological polar surface area (TPSA) is 64.4 Å². The first-order valence-corrected chi connectivity index (χ1v) is 8.13. The van der Waals surface area contributed by atoms with Crippen LogP contribution >= 0.6 is 11.3 Å². The molecule has 3 rings (SSSR count). The van der Waals surface area contributed by atoms with E-state index in [0.29, 0.717) is 25.1 Å². The molecule has 0 bridgehead atoms. The number of morpholine rings is 1. The highest BCUT2D eigenvalue weighted by molar-refractivity contribution is 7.18. The summed E-state index contributed by atoms with van der Waals surface area (Å²) in [5.41, 5.74) is 0.820. The molecule has 0 aromatic carbocycles. The molecule has 118 valence electrons. The number of amides is 1. The van der Waals surface area contributed by atoms with Crippen molar-refractivity contribution in [3.05, 3.63) is 27.1 Å². The average Bonchev–Trinajstić information content (AvgIpc) is 2.78. The van der Waals surface area contributed by atoms with Gasteiger partial charge in [-0.3, -0.25) is 14.2 Å². The molecule has 0 aliphatic carbocycles. The second kappa shape index (κ2) is 5.81. The van der Waals surface area contributed by atoms with Crippen molar-refractivity contribution in [2.75, 3.05) is 19.8 Å². The third kappa shape index (κ3) is 2.55. The minimum absolute atomic E-state index is 0.0282. The summed E-state index contributed by atoms with van der Waals surface area (Å²) in [5.74, 6) is -0.0661. The summed E-state index contributed by atoms with van der Waals surface area (Å²) in [6.07, 6.45) is 1.48. The summed E-state index contributed by atoms with van der Waals surface area (Å²) in [7, 11) is 0. The van der Waals surface area contributed by atoms with Crippen LogP contribution < -0.4 is 5.56 Å². The second-order valence-electron chi connectivity index (χ2n) is 5.65. The fourth-order valence-electron chi connectivity index (χ4n) is 2.72. The lowest BCUT2D eigenvalue weighted by molar-refractivity contribution is -0.139. The number of hydrogen-bond donors (Lipinski definition) is 0. The molecule has 1 fully saturated rings. The number of thiophene rings is 1. The SMILES string of the molecule is Cc1sc2ncn(CC(=O)N3CCOC[C@H]3C)c(=O)c2c1C. The first-order chi connectivity index (χ1) is 10.5. The minimum Gasteiger partial charge on any atom is -0.377 e. The number of aryl methyl sites for hydroxylation is 2. The Hall–Kier alpha value is -1.73. The number of carbonyl (C=O) groups excluding carboxylic acids is 1. The summed E-state index contributed by atoms with van der Waals surface area (Å²) in [6.45, 7) is 7.54. The highest BCUT2D eigenvalue weighted by Crippen LogP contribution is 2.25. The lowest BCUT2D eigenvalue weighted by Crippen LogP contribution is -2.48. The quantitative estimate of drug-likeness (QED) is 0.837. The fraction of sp³-hybridized carbons (Fsp3) is 0.533. The monoisotopic (exact) mass is 321 g/mol. The Labute approximate surface area is 132 Å². The average molecular weight is 321 g/mol. The lowest BCUT2D eigenvalue weighted by Gasteiger charge is -2.33. The molecular weight excluding hydrogens is 302 g/mol. The van der Waals surface area contributed by atoms with E-state index in [9.17, 15) is 9.59 Å². The molecular formula is C15H19N3O3S. The molecule has 0 radical (unpaired) electrons. The number of ether oxygens (including phenoxy) is 1.